The fourth-order valence-corrected chi connectivity index (χ4v) is 4.23. The van der Waals surface area contributed by atoms with E-state index in [-0.39, 0.29) is 6.04 Å². The van der Waals surface area contributed by atoms with Gasteiger partial charge in [0.2, 0.25) is 0 Å². The molecule has 3 heteroatoms. The number of nitrogens with one attached hydrogen (secondary N) is 1. The van der Waals surface area contributed by atoms with Gasteiger partial charge in [-0.25, -0.2) is 0 Å². The number of anilines is 1. The first-order chi connectivity index (χ1) is 10.2. The molecule has 1 aliphatic rings. The number of nitriles is 1. The summed E-state index contributed by atoms with van der Waals surface area (Å²) in [6.45, 7) is 4.17. The topological polar surface area (TPSA) is 35.8 Å². The molecule has 0 saturated heterocycles. The van der Waals surface area contributed by atoms with E-state index >= 15 is 0 Å². The van der Waals surface area contributed by atoms with Gasteiger partial charge in [0.05, 0.1) is 17.3 Å². The van der Waals surface area contributed by atoms with Gasteiger partial charge in [0.1, 0.15) is 6.07 Å². The highest BCUT2D eigenvalue weighted by Crippen LogP contribution is 2.34. The lowest BCUT2D eigenvalue weighted by Gasteiger charge is -2.15. The van der Waals surface area contributed by atoms with Gasteiger partial charge in [-0.1, -0.05) is 12.1 Å². The van der Waals surface area contributed by atoms with Crippen LogP contribution in [-0.4, -0.2) is 0 Å². The molecule has 2 nitrogen and oxygen atoms in total. The van der Waals surface area contributed by atoms with Crippen LogP contribution in [0.4, 0.5) is 5.69 Å². The first kappa shape index (κ1) is 14.2. The number of rotatable bonds is 3. The second kappa shape index (κ2) is 5.91. The summed E-state index contributed by atoms with van der Waals surface area (Å²) < 4.78 is 0. The smallest absolute Gasteiger partial charge is 0.102 e. The molecule has 0 aliphatic heterocycles. The third-order valence-electron chi connectivity index (χ3n) is 4.20. The highest BCUT2D eigenvalue weighted by molar-refractivity contribution is 7.12. The fraction of sp³-hybridized carbons (Fsp3) is 0.389. The van der Waals surface area contributed by atoms with E-state index in [2.05, 4.69) is 24.4 Å². The van der Waals surface area contributed by atoms with Crippen molar-refractivity contribution in [1.29, 1.82) is 5.26 Å². The molecule has 0 bridgehead atoms. The van der Waals surface area contributed by atoms with Crippen molar-refractivity contribution < 1.29 is 0 Å². The van der Waals surface area contributed by atoms with Crippen molar-refractivity contribution >= 4 is 17.0 Å². The molecule has 1 N–H and O–H groups in total. The Morgan fingerprint density at radius 3 is 2.86 bits per heavy atom. The van der Waals surface area contributed by atoms with Crippen LogP contribution in [0.5, 0.6) is 0 Å². The normalized spacial score (nSPS) is 15.1. The number of fused-ring (bicyclic) bond motifs is 1. The summed E-state index contributed by atoms with van der Waals surface area (Å²) in [6.07, 6.45) is 5.11. The Hall–Kier alpha value is -1.79. The van der Waals surface area contributed by atoms with Crippen LogP contribution in [0.3, 0.4) is 0 Å². The Balaban J connectivity index is 1.84. The Labute approximate surface area is 130 Å². The van der Waals surface area contributed by atoms with E-state index in [1.807, 2.05) is 36.5 Å². The zero-order valence-corrected chi connectivity index (χ0v) is 13.4. The van der Waals surface area contributed by atoms with Gasteiger partial charge < -0.3 is 5.32 Å². The largest absolute Gasteiger partial charge is 0.377 e. The van der Waals surface area contributed by atoms with E-state index in [4.69, 9.17) is 0 Å². The molecule has 1 aromatic heterocycles. The van der Waals surface area contributed by atoms with Gasteiger partial charge in [0.25, 0.3) is 0 Å². The van der Waals surface area contributed by atoms with Gasteiger partial charge in [-0.05, 0) is 62.8 Å². The molecule has 1 heterocycles. The van der Waals surface area contributed by atoms with Crippen molar-refractivity contribution in [3.63, 3.8) is 0 Å². The maximum Gasteiger partial charge on any atom is 0.102 e. The summed E-state index contributed by atoms with van der Waals surface area (Å²) in [5.74, 6) is 0. The minimum Gasteiger partial charge on any atom is -0.377 e. The maximum absolute atomic E-state index is 9.33. The Kier molecular flexibility index (Phi) is 3.98. The third kappa shape index (κ3) is 2.82. The van der Waals surface area contributed by atoms with Crippen LogP contribution < -0.4 is 5.32 Å². The van der Waals surface area contributed by atoms with E-state index in [1.165, 1.54) is 30.6 Å². The molecule has 108 valence electrons. The molecular weight excluding hydrogens is 276 g/mol. The zero-order valence-electron chi connectivity index (χ0n) is 12.6. The molecule has 0 radical (unpaired) electrons. The van der Waals surface area contributed by atoms with Crippen molar-refractivity contribution in [2.75, 3.05) is 5.32 Å². The molecule has 0 saturated carbocycles. The van der Waals surface area contributed by atoms with Crippen molar-refractivity contribution in [2.45, 2.75) is 45.6 Å². The summed E-state index contributed by atoms with van der Waals surface area (Å²) in [6, 6.07) is 10.9. The number of benzene rings is 1. The molecule has 1 aliphatic carbocycles. The van der Waals surface area contributed by atoms with E-state index in [0.717, 1.165) is 16.8 Å². The average molecular weight is 296 g/mol. The second-order valence-corrected chi connectivity index (χ2v) is 6.95. The van der Waals surface area contributed by atoms with Crippen molar-refractivity contribution in [2.24, 2.45) is 0 Å². The lowest BCUT2D eigenvalue weighted by molar-refractivity contribution is 0.696. The van der Waals surface area contributed by atoms with Crippen LogP contribution >= 0.6 is 11.3 Å². The maximum atomic E-state index is 9.33. The first-order valence-corrected chi connectivity index (χ1v) is 8.38. The van der Waals surface area contributed by atoms with E-state index in [9.17, 15) is 5.26 Å². The molecule has 0 spiro atoms. The molecule has 0 fully saturated rings. The Morgan fingerprint density at radius 1 is 1.29 bits per heavy atom. The van der Waals surface area contributed by atoms with E-state index in [0.29, 0.717) is 0 Å². The molecule has 1 unspecified atom stereocenters. The second-order valence-electron chi connectivity index (χ2n) is 5.78. The SMILES string of the molecule is Cc1cccc(NC(C)c2cc3c(s2)CCCC3)c1C#N. The highest BCUT2D eigenvalue weighted by Gasteiger charge is 2.17. The van der Waals surface area contributed by atoms with Gasteiger partial charge in [-0.3, -0.25) is 0 Å². The first-order valence-electron chi connectivity index (χ1n) is 7.57. The highest BCUT2D eigenvalue weighted by atomic mass is 32.1. The summed E-state index contributed by atoms with van der Waals surface area (Å²) in [5.41, 5.74) is 4.27. The van der Waals surface area contributed by atoms with Crippen LogP contribution in [0.2, 0.25) is 0 Å². The van der Waals surface area contributed by atoms with Crippen LogP contribution in [0, 0.1) is 18.3 Å². The minimum atomic E-state index is 0.245. The van der Waals surface area contributed by atoms with Crippen molar-refractivity contribution in [3.05, 3.63) is 50.7 Å². The number of aryl methyl sites for hydroxylation is 3. The standard InChI is InChI=1S/C18H20N2S/c1-12-6-5-8-16(15(12)11-19)20-13(2)18-10-14-7-3-4-9-17(14)21-18/h5-6,8,10,13,20H,3-4,7,9H2,1-2H3. The third-order valence-corrected chi connectivity index (χ3v) is 5.62. The number of hydrogen-bond acceptors (Lipinski definition) is 3. The predicted octanol–water partition coefficient (Wildman–Crippen LogP) is 4.98. The summed E-state index contributed by atoms with van der Waals surface area (Å²) in [4.78, 5) is 2.95. The van der Waals surface area contributed by atoms with Crippen LogP contribution in [0.1, 0.15) is 52.3 Å². The van der Waals surface area contributed by atoms with Gasteiger partial charge >= 0.3 is 0 Å². The number of thiophene rings is 1. The van der Waals surface area contributed by atoms with Crippen LogP contribution in [0.25, 0.3) is 0 Å². The monoisotopic (exact) mass is 296 g/mol. The van der Waals surface area contributed by atoms with E-state index < -0.39 is 0 Å². The molecule has 2 aromatic rings. The van der Waals surface area contributed by atoms with Crippen LogP contribution in [-0.2, 0) is 12.8 Å². The number of nitrogens with zero attached hydrogens (tertiary/aromatic N) is 1. The molecule has 1 atom stereocenters. The Bertz CT molecular complexity index is 670. The minimum absolute atomic E-state index is 0.245. The molecule has 0 amide bonds. The quantitative estimate of drug-likeness (QED) is 0.867. The van der Waals surface area contributed by atoms with Crippen molar-refractivity contribution in [1.82, 2.24) is 0 Å². The summed E-state index contributed by atoms with van der Waals surface area (Å²) in [5, 5.41) is 12.8. The predicted molar refractivity (Wildman–Crippen MR) is 88.9 cm³/mol. The van der Waals surface area contributed by atoms with Gasteiger partial charge in [0, 0.05) is 9.75 Å². The molecule has 1 aromatic carbocycles. The van der Waals surface area contributed by atoms with Gasteiger partial charge in [-0.2, -0.15) is 5.26 Å². The van der Waals surface area contributed by atoms with Gasteiger partial charge in [0.15, 0.2) is 0 Å². The molecular formula is C18H20N2S. The zero-order chi connectivity index (χ0) is 14.8. The lowest BCUT2D eigenvalue weighted by atomic mass is 9.99. The van der Waals surface area contributed by atoms with E-state index in [1.54, 1.807) is 10.4 Å². The fourth-order valence-electron chi connectivity index (χ4n) is 2.97. The number of hydrogen-bond donors (Lipinski definition) is 1. The lowest BCUT2D eigenvalue weighted by Crippen LogP contribution is -2.06. The molecule has 3 rings (SSSR count). The Morgan fingerprint density at radius 2 is 2.10 bits per heavy atom. The average Bonchev–Trinajstić information content (AvgIpc) is 2.91. The van der Waals surface area contributed by atoms with Crippen molar-refractivity contribution in [3.8, 4) is 6.07 Å². The van der Waals surface area contributed by atoms with Crippen LogP contribution in [0.15, 0.2) is 24.3 Å². The summed E-state index contributed by atoms with van der Waals surface area (Å²) >= 11 is 1.93. The summed E-state index contributed by atoms with van der Waals surface area (Å²) in [7, 11) is 0. The molecule has 21 heavy (non-hydrogen) atoms. The van der Waals surface area contributed by atoms with Gasteiger partial charge in [-0.15, -0.1) is 11.3 Å².